The van der Waals surface area contributed by atoms with Crippen molar-refractivity contribution >= 4 is 5.69 Å². The average Bonchev–Trinajstić information content (AvgIpc) is 2.10. The maximum Gasteiger partial charge on any atom is 0.138 e. The topological polar surface area (TPSA) is 72.3 Å². The van der Waals surface area contributed by atoms with E-state index in [1.807, 2.05) is 6.07 Å². The van der Waals surface area contributed by atoms with E-state index in [-0.39, 0.29) is 11.8 Å². The Hall–Kier alpha value is -1.22. The van der Waals surface area contributed by atoms with E-state index in [1.165, 1.54) is 0 Å². The average molecular weight is 180 g/mol. The van der Waals surface area contributed by atoms with Crippen LogP contribution in [0, 0.1) is 0 Å². The van der Waals surface area contributed by atoms with Crippen molar-refractivity contribution in [1.82, 2.24) is 0 Å². The first-order chi connectivity index (χ1) is 6.15. The summed E-state index contributed by atoms with van der Waals surface area (Å²) in [4.78, 5) is 0. The molecule has 0 aromatic heterocycles. The van der Waals surface area contributed by atoms with E-state index in [1.54, 1.807) is 12.1 Å². The summed E-state index contributed by atoms with van der Waals surface area (Å²) in [5, 5.41) is 9.34. The van der Waals surface area contributed by atoms with Crippen LogP contribution in [0.1, 0.15) is 31.4 Å². The predicted molar refractivity (Wildman–Crippen MR) is 54.4 cm³/mol. The number of anilines is 1. The van der Waals surface area contributed by atoms with Crippen molar-refractivity contribution < 1.29 is 5.11 Å². The quantitative estimate of drug-likeness (QED) is 0.490. The molecule has 1 unspecified atom stereocenters. The van der Waals surface area contributed by atoms with Crippen molar-refractivity contribution in [2.75, 3.05) is 5.73 Å². The van der Waals surface area contributed by atoms with E-state index in [9.17, 15) is 5.11 Å². The SMILES string of the molecule is CCCC(N)c1ccc(N)c(O)c1. The molecule has 0 saturated carbocycles. The molecule has 1 atom stereocenters. The number of hydrogen-bond acceptors (Lipinski definition) is 3. The Balaban J connectivity index is 2.84. The predicted octanol–water partition coefficient (Wildman–Crippen LogP) is 1.77. The van der Waals surface area contributed by atoms with Crippen molar-refractivity contribution in [3.8, 4) is 5.75 Å². The molecule has 1 aromatic rings. The van der Waals surface area contributed by atoms with Gasteiger partial charge in [-0.15, -0.1) is 0 Å². The Kier molecular flexibility index (Phi) is 3.14. The van der Waals surface area contributed by atoms with Crippen molar-refractivity contribution in [3.05, 3.63) is 23.8 Å². The lowest BCUT2D eigenvalue weighted by atomic mass is 10.0. The summed E-state index contributed by atoms with van der Waals surface area (Å²) in [7, 11) is 0. The van der Waals surface area contributed by atoms with Crippen LogP contribution in [0.3, 0.4) is 0 Å². The van der Waals surface area contributed by atoms with Crippen LogP contribution < -0.4 is 11.5 Å². The van der Waals surface area contributed by atoms with Gasteiger partial charge in [0.05, 0.1) is 5.69 Å². The highest BCUT2D eigenvalue weighted by Crippen LogP contribution is 2.25. The molecular formula is C10H16N2O. The fraction of sp³-hybridized carbons (Fsp3) is 0.400. The second-order valence-electron chi connectivity index (χ2n) is 3.21. The summed E-state index contributed by atoms with van der Waals surface area (Å²) >= 11 is 0. The van der Waals surface area contributed by atoms with Gasteiger partial charge in [-0.3, -0.25) is 0 Å². The number of phenolic OH excluding ortho intramolecular Hbond substituents is 1. The number of nitrogens with two attached hydrogens (primary N) is 2. The van der Waals surface area contributed by atoms with E-state index >= 15 is 0 Å². The largest absolute Gasteiger partial charge is 0.506 e. The van der Waals surface area contributed by atoms with Gasteiger partial charge in [0, 0.05) is 6.04 Å². The minimum Gasteiger partial charge on any atom is -0.506 e. The summed E-state index contributed by atoms with van der Waals surface area (Å²) in [6.07, 6.45) is 1.95. The Morgan fingerprint density at radius 2 is 2.15 bits per heavy atom. The third-order valence-corrected chi connectivity index (χ3v) is 2.08. The molecule has 1 rings (SSSR count). The van der Waals surface area contributed by atoms with Crippen LogP contribution in [0.4, 0.5) is 5.69 Å². The van der Waals surface area contributed by atoms with Gasteiger partial charge in [0.25, 0.3) is 0 Å². The van der Waals surface area contributed by atoms with Crippen molar-refractivity contribution in [2.24, 2.45) is 5.73 Å². The zero-order valence-electron chi connectivity index (χ0n) is 7.83. The van der Waals surface area contributed by atoms with Crippen LogP contribution in [0.2, 0.25) is 0 Å². The van der Waals surface area contributed by atoms with Gasteiger partial charge in [-0.1, -0.05) is 19.4 Å². The molecule has 0 heterocycles. The molecule has 0 bridgehead atoms. The molecule has 72 valence electrons. The number of aromatic hydroxyl groups is 1. The van der Waals surface area contributed by atoms with E-state index in [0.717, 1.165) is 18.4 Å². The number of rotatable bonds is 3. The van der Waals surface area contributed by atoms with Gasteiger partial charge in [0.2, 0.25) is 0 Å². The zero-order chi connectivity index (χ0) is 9.84. The molecule has 3 nitrogen and oxygen atoms in total. The van der Waals surface area contributed by atoms with Crippen molar-refractivity contribution in [1.29, 1.82) is 0 Å². The van der Waals surface area contributed by atoms with Crippen LogP contribution >= 0.6 is 0 Å². The molecule has 0 fully saturated rings. The fourth-order valence-electron chi connectivity index (χ4n) is 1.27. The zero-order valence-corrected chi connectivity index (χ0v) is 7.83. The smallest absolute Gasteiger partial charge is 0.138 e. The minimum absolute atomic E-state index is 0.00324. The van der Waals surface area contributed by atoms with Crippen LogP contribution in [0.25, 0.3) is 0 Å². The Labute approximate surface area is 78.4 Å². The summed E-state index contributed by atoms with van der Waals surface area (Å²) in [6.45, 7) is 2.08. The Morgan fingerprint density at radius 1 is 1.46 bits per heavy atom. The summed E-state index contributed by atoms with van der Waals surface area (Å²) < 4.78 is 0. The second kappa shape index (κ2) is 4.14. The number of benzene rings is 1. The van der Waals surface area contributed by atoms with Crippen LogP contribution in [0.5, 0.6) is 5.75 Å². The van der Waals surface area contributed by atoms with Gasteiger partial charge in [0.1, 0.15) is 5.75 Å². The van der Waals surface area contributed by atoms with Gasteiger partial charge >= 0.3 is 0 Å². The Bertz CT molecular complexity index is 286. The molecule has 0 aliphatic heterocycles. The van der Waals surface area contributed by atoms with Gasteiger partial charge in [-0.25, -0.2) is 0 Å². The van der Waals surface area contributed by atoms with Gasteiger partial charge in [0.15, 0.2) is 0 Å². The maximum absolute atomic E-state index is 9.34. The third-order valence-electron chi connectivity index (χ3n) is 2.08. The highest BCUT2D eigenvalue weighted by atomic mass is 16.3. The molecule has 0 saturated heterocycles. The maximum atomic E-state index is 9.34. The van der Waals surface area contributed by atoms with Gasteiger partial charge in [-0.05, 0) is 24.1 Å². The lowest BCUT2D eigenvalue weighted by Gasteiger charge is -2.11. The molecule has 0 amide bonds. The van der Waals surface area contributed by atoms with Crippen molar-refractivity contribution in [2.45, 2.75) is 25.8 Å². The van der Waals surface area contributed by atoms with Gasteiger partial charge in [-0.2, -0.15) is 0 Å². The highest BCUT2D eigenvalue weighted by Gasteiger charge is 2.06. The molecule has 0 aliphatic carbocycles. The number of phenols is 1. The molecular weight excluding hydrogens is 164 g/mol. The standard InChI is InChI=1S/C10H16N2O/c1-2-3-8(11)7-4-5-9(12)10(13)6-7/h4-6,8,13H,2-3,11-12H2,1H3. The van der Waals surface area contributed by atoms with E-state index in [2.05, 4.69) is 6.92 Å². The van der Waals surface area contributed by atoms with Crippen LogP contribution in [-0.4, -0.2) is 5.11 Å². The highest BCUT2D eigenvalue weighted by molar-refractivity contribution is 5.53. The first kappa shape index (κ1) is 9.86. The normalized spacial score (nSPS) is 12.8. The van der Waals surface area contributed by atoms with Gasteiger partial charge < -0.3 is 16.6 Å². The van der Waals surface area contributed by atoms with Crippen LogP contribution in [0.15, 0.2) is 18.2 Å². The minimum atomic E-state index is -0.00324. The summed E-state index contributed by atoms with van der Waals surface area (Å²) in [5.74, 6) is 0.115. The molecule has 0 aliphatic rings. The summed E-state index contributed by atoms with van der Waals surface area (Å²) in [5.41, 5.74) is 12.7. The van der Waals surface area contributed by atoms with E-state index in [0.29, 0.717) is 5.69 Å². The summed E-state index contributed by atoms with van der Waals surface area (Å²) in [6, 6.07) is 5.17. The number of hydrogen-bond donors (Lipinski definition) is 3. The van der Waals surface area contributed by atoms with Crippen LogP contribution in [-0.2, 0) is 0 Å². The van der Waals surface area contributed by atoms with E-state index < -0.39 is 0 Å². The molecule has 3 heteroatoms. The third kappa shape index (κ3) is 2.36. The van der Waals surface area contributed by atoms with E-state index in [4.69, 9.17) is 11.5 Å². The molecule has 0 spiro atoms. The Morgan fingerprint density at radius 3 is 2.69 bits per heavy atom. The molecule has 0 radical (unpaired) electrons. The van der Waals surface area contributed by atoms with Crippen molar-refractivity contribution in [3.63, 3.8) is 0 Å². The number of nitrogen functional groups attached to an aromatic ring is 1. The lowest BCUT2D eigenvalue weighted by Crippen LogP contribution is -2.09. The first-order valence-corrected chi connectivity index (χ1v) is 4.49. The monoisotopic (exact) mass is 180 g/mol. The fourth-order valence-corrected chi connectivity index (χ4v) is 1.27. The molecule has 1 aromatic carbocycles. The molecule has 5 N–H and O–H groups in total. The lowest BCUT2D eigenvalue weighted by molar-refractivity contribution is 0.476. The molecule has 13 heavy (non-hydrogen) atoms. The first-order valence-electron chi connectivity index (χ1n) is 4.49. The second-order valence-corrected chi connectivity index (χ2v) is 3.21.